The fraction of sp³-hybridized carbons (Fsp3) is 0.381. The number of H-pyrrole nitrogens is 1. The van der Waals surface area contributed by atoms with Gasteiger partial charge in [0.2, 0.25) is 5.91 Å². The Morgan fingerprint density at radius 1 is 1.28 bits per heavy atom. The number of halogens is 1. The fourth-order valence-electron chi connectivity index (χ4n) is 3.57. The van der Waals surface area contributed by atoms with Gasteiger partial charge in [0, 0.05) is 23.5 Å². The number of carbonyl (C=O) groups is 1. The van der Waals surface area contributed by atoms with Crippen molar-refractivity contribution in [3.63, 3.8) is 0 Å². The van der Waals surface area contributed by atoms with Crippen LogP contribution in [0.25, 0.3) is 10.2 Å². The topological polar surface area (TPSA) is 66.1 Å². The maximum absolute atomic E-state index is 12.6. The van der Waals surface area contributed by atoms with Gasteiger partial charge in [-0.25, -0.2) is 4.98 Å². The number of amides is 1. The van der Waals surface area contributed by atoms with Crippen molar-refractivity contribution in [3.05, 3.63) is 61.5 Å². The molecule has 1 aromatic carbocycles. The lowest BCUT2D eigenvalue weighted by atomic mass is 9.97. The van der Waals surface area contributed by atoms with Crippen LogP contribution in [0.2, 0.25) is 5.02 Å². The molecule has 0 fully saturated rings. The number of carbonyl (C=O) groups excluding carboxylic acids is 1. The first-order valence-corrected chi connectivity index (χ1v) is 12.0. The Morgan fingerprint density at radius 2 is 2.03 bits per heavy atom. The number of nitrogens with one attached hydrogen (secondary N) is 1. The minimum absolute atomic E-state index is 0.0416. The summed E-state index contributed by atoms with van der Waals surface area (Å²) in [6.07, 6.45) is 4.35. The van der Waals surface area contributed by atoms with Crippen LogP contribution < -0.4 is 5.56 Å². The molecule has 0 saturated heterocycles. The average Bonchev–Trinajstić information content (AvgIpc) is 3.08. The van der Waals surface area contributed by atoms with E-state index < -0.39 is 0 Å². The molecule has 4 rings (SSSR count). The first-order chi connectivity index (χ1) is 14.0. The van der Waals surface area contributed by atoms with Crippen LogP contribution in [0.15, 0.2) is 29.1 Å². The standard InChI is InChI=1S/C21H22ClN3O2S2/c1-25(10-13-6-8-14(22)9-7-13)18(26)12-28-11-17-23-20(27)19-15-4-2-3-5-16(15)29-21(19)24-17/h6-9H,2-5,10-12H2,1H3,(H,23,24,27). The number of fused-ring (bicyclic) bond motifs is 3. The maximum Gasteiger partial charge on any atom is 0.259 e. The highest BCUT2D eigenvalue weighted by Crippen LogP contribution is 2.33. The molecule has 0 unspecified atom stereocenters. The zero-order valence-corrected chi connectivity index (χ0v) is 18.6. The van der Waals surface area contributed by atoms with E-state index in [2.05, 4.69) is 9.97 Å². The minimum Gasteiger partial charge on any atom is -0.341 e. The van der Waals surface area contributed by atoms with Crippen molar-refractivity contribution in [2.45, 2.75) is 38.0 Å². The zero-order chi connectivity index (χ0) is 20.4. The summed E-state index contributed by atoms with van der Waals surface area (Å²) in [6, 6.07) is 7.49. The van der Waals surface area contributed by atoms with E-state index in [1.54, 1.807) is 23.3 Å². The first kappa shape index (κ1) is 20.4. The number of hydrogen-bond acceptors (Lipinski definition) is 5. The minimum atomic E-state index is -0.0452. The van der Waals surface area contributed by atoms with Crippen molar-refractivity contribution >= 4 is 50.8 Å². The van der Waals surface area contributed by atoms with E-state index in [0.29, 0.717) is 28.9 Å². The lowest BCUT2D eigenvalue weighted by Gasteiger charge is -2.17. The van der Waals surface area contributed by atoms with Crippen molar-refractivity contribution in [2.75, 3.05) is 12.8 Å². The van der Waals surface area contributed by atoms with E-state index in [1.807, 2.05) is 24.3 Å². The molecule has 152 valence electrons. The lowest BCUT2D eigenvalue weighted by Crippen LogP contribution is -2.27. The molecule has 1 N–H and O–H groups in total. The number of nitrogens with zero attached hydrogens (tertiary/aromatic N) is 2. The number of hydrogen-bond donors (Lipinski definition) is 1. The molecule has 3 aromatic rings. The summed E-state index contributed by atoms with van der Waals surface area (Å²) >= 11 is 9.02. The Kier molecular flexibility index (Phi) is 6.27. The van der Waals surface area contributed by atoms with Gasteiger partial charge in [-0.3, -0.25) is 9.59 Å². The molecular weight excluding hydrogens is 426 g/mol. The molecule has 0 atom stereocenters. The summed E-state index contributed by atoms with van der Waals surface area (Å²) in [6.45, 7) is 0.540. The first-order valence-electron chi connectivity index (χ1n) is 9.61. The molecule has 1 aliphatic carbocycles. The number of aromatic nitrogens is 2. The van der Waals surface area contributed by atoms with E-state index in [0.717, 1.165) is 35.0 Å². The monoisotopic (exact) mass is 447 g/mol. The SMILES string of the molecule is CN(Cc1ccc(Cl)cc1)C(=O)CSCc1nc2sc3c(c2c(=O)[nH]1)CCCC3. The Hall–Kier alpha value is -1.83. The van der Waals surface area contributed by atoms with Gasteiger partial charge in [0.15, 0.2) is 0 Å². The molecule has 2 aromatic heterocycles. The van der Waals surface area contributed by atoms with Crippen LogP contribution in [-0.2, 0) is 29.9 Å². The number of benzene rings is 1. The van der Waals surface area contributed by atoms with Crippen LogP contribution in [0.4, 0.5) is 0 Å². The highest BCUT2D eigenvalue weighted by Gasteiger charge is 2.20. The number of thioether (sulfide) groups is 1. The van der Waals surface area contributed by atoms with Crippen LogP contribution >= 0.6 is 34.7 Å². The predicted octanol–water partition coefficient (Wildman–Crippen LogP) is 4.41. The van der Waals surface area contributed by atoms with Crippen LogP contribution in [0.3, 0.4) is 0 Å². The molecule has 2 heterocycles. The van der Waals surface area contributed by atoms with Gasteiger partial charge in [0.25, 0.3) is 5.56 Å². The number of thiophene rings is 1. The third-order valence-electron chi connectivity index (χ3n) is 5.10. The van der Waals surface area contributed by atoms with Gasteiger partial charge >= 0.3 is 0 Å². The Bertz CT molecular complexity index is 1090. The molecule has 8 heteroatoms. The van der Waals surface area contributed by atoms with Gasteiger partial charge in [-0.2, -0.15) is 0 Å². The zero-order valence-electron chi connectivity index (χ0n) is 16.2. The maximum atomic E-state index is 12.6. The third-order valence-corrected chi connectivity index (χ3v) is 7.46. The van der Waals surface area contributed by atoms with E-state index in [1.165, 1.54) is 28.6 Å². The van der Waals surface area contributed by atoms with E-state index in [-0.39, 0.29) is 11.5 Å². The number of aryl methyl sites for hydroxylation is 2. The molecule has 0 spiro atoms. The van der Waals surface area contributed by atoms with E-state index in [4.69, 9.17) is 11.6 Å². The van der Waals surface area contributed by atoms with Crippen molar-refractivity contribution < 1.29 is 4.79 Å². The predicted molar refractivity (Wildman–Crippen MR) is 121 cm³/mol. The highest BCUT2D eigenvalue weighted by molar-refractivity contribution is 7.99. The Morgan fingerprint density at radius 3 is 2.83 bits per heavy atom. The normalized spacial score (nSPS) is 13.4. The smallest absolute Gasteiger partial charge is 0.259 e. The number of rotatable bonds is 6. The molecule has 29 heavy (non-hydrogen) atoms. The van der Waals surface area contributed by atoms with Crippen LogP contribution in [-0.4, -0.2) is 33.6 Å². The fourth-order valence-corrected chi connectivity index (χ4v) is 5.81. The summed E-state index contributed by atoms with van der Waals surface area (Å²) in [5, 5.41) is 1.46. The molecule has 0 saturated carbocycles. The van der Waals surface area contributed by atoms with Crippen molar-refractivity contribution in [1.82, 2.24) is 14.9 Å². The molecule has 0 bridgehead atoms. The summed E-state index contributed by atoms with van der Waals surface area (Å²) in [4.78, 5) is 36.4. The second-order valence-electron chi connectivity index (χ2n) is 7.27. The third kappa shape index (κ3) is 4.68. The van der Waals surface area contributed by atoms with Gasteiger partial charge in [-0.05, 0) is 48.9 Å². The molecule has 0 radical (unpaired) electrons. The number of aromatic amines is 1. The van der Waals surface area contributed by atoms with E-state index >= 15 is 0 Å². The summed E-state index contributed by atoms with van der Waals surface area (Å²) in [5.74, 6) is 1.53. The van der Waals surface area contributed by atoms with Gasteiger partial charge in [0.05, 0.1) is 16.9 Å². The molecular formula is C21H22ClN3O2S2. The van der Waals surface area contributed by atoms with Gasteiger partial charge in [-0.15, -0.1) is 23.1 Å². The quantitative estimate of drug-likeness (QED) is 0.607. The van der Waals surface area contributed by atoms with Crippen molar-refractivity contribution in [2.24, 2.45) is 0 Å². The summed E-state index contributed by atoms with van der Waals surface area (Å²) in [7, 11) is 1.79. The van der Waals surface area contributed by atoms with E-state index in [9.17, 15) is 9.59 Å². The average molecular weight is 448 g/mol. The molecule has 0 aliphatic heterocycles. The van der Waals surface area contributed by atoms with Gasteiger partial charge < -0.3 is 9.88 Å². The van der Waals surface area contributed by atoms with Crippen LogP contribution in [0.5, 0.6) is 0 Å². The van der Waals surface area contributed by atoms with Crippen LogP contribution in [0, 0.1) is 0 Å². The summed E-state index contributed by atoms with van der Waals surface area (Å²) in [5.41, 5.74) is 2.19. The van der Waals surface area contributed by atoms with Crippen LogP contribution in [0.1, 0.15) is 34.7 Å². The molecule has 1 aliphatic rings. The molecule has 1 amide bonds. The van der Waals surface area contributed by atoms with Crippen molar-refractivity contribution in [3.8, 4) is 0 Å². The van der Waals surface area contributed by atoms with Crippen molar-refractivity contribution in [1.29, 1.82) is 0 Å². The second-order valence-corrected chi connectivity index (χ2v) is 9.78. The summed E-state index contributed by atoms with van der Waals surface area (Å²) < 4.78 is 0. The Balaban J connectivity index is 1.36. The lowest BCUT2D eigenvalue weighted by molar-refractivity contribution is -0.127. The second kappa shape index (κ2) is 8.90. The van der Waals surface area contributed by atoms with Gasteiger partial charge in [0.1, 0.15) is 10.7 Å². The Labute approximate surface area is 182 Å². The van der Waals surface area contributed by atoms with Gasteiger partial charge in [-0.1, -0.05) is 23.7 Å². The highest BCUT2D eigenvalue weighted by atomic mass is 35.5. The largest absolute Gasteiger partial charge is 0.341 e. The molecule has 5 nitrogen and oxygen atoms in total.